The van der Waals surface area contributed by atoms with E-state index in [2.05, 4.69) is 43.6 Å². The molecule has 2 aliphatic rings. The maximum absolute atomic E-state index is 5.51. The van der Waals surface area contributed by atoms with Gasteiger partial charge in [0.15, 0.2) is 0 Å². The molecule has 0 amide bonds. The highest BCUT2D eigenvalue weighted by Gasteiger charge is 2.35. The lowest BCUT2D eigenvalue weighted by Gasteiger charge is -2.34. The highest BCUT2D eigenvalue weighted by Crippen LogP contribution is 2.29. The van der Waals surface area contributed by atoms with E-state index in [4.69, 9.17) is 19.4 Å². The second-order valence-electron chi connectivity index (χ2n) is 8.32. The van der Waals surface area contributed by atoms with E-state index < -0.39 is 0 Å². The van der Waals surface area contributed by atoms with Crippen molar-refractivity contribution in [3.8, 4) is 0 Å². The average molecular weight is 348 g/mol. The van der Waals surface area contributed by atoms with E-state index in [-0.39, 0.29) is 5.41 Å². The van der Waals surface area contributed by atoms with Crippen LogP contribution in [0.1, 0.15) is 39.2 Å². The Labute approximate surface area is 151 Å². The van der Waals surface area contributed by atoms with Crippen molar-refractivity contribution in [2.75, 3.05) is 51.4 Å². The van der Waals surface area contributed by atoms with Crippen molar-refractivity contribution in [2.24, 2.45) is 5.92 Å². The Bertz CT molecular complexity index is 581. The second-order valence-corrected chi connectivity index (χ2v) is 8.32. The van der Waals surface area contributed by atoms with Crippen LogP contribution < -0.4 is 4.90 Å². The van der Waals surface area contributed by atoms with E-state index in [9.17, 15) is 0 Å². The predicted octanol–water partition coefficient (Wildman–Crippen LogP) is 2.08. The van der Waals surface area contributed by atoms with Crippen LogP contribution in [0, 0.1) is 5.92 Å². The molecular weight excluding hydrogens is 316 g/mol. The van der Waals surface area contributed by atoms with Crippen LogP contribution in [0.2, 0.25) is 0 Å². The number of rotatable bonds is 4. The maximum Gasteiger partial charge on any atom is 0.136 e. The summed E-state index contributed by atoms with van der Waals surface area (Å²) in [5, 5.41) is 0. The Hall–Kier alpha value is -1.24. The topological polar surface area (TPSA) is 50.7 Å². The monoisotopic (exact) mass is 348 g/mol. The molecule has 0 aliphatic carbocycles. The minimum atomic E-state index is -0.0759. The summed E-state index contributed by atoms with van der Waals surface area (Å²) < 4.78 is 10.8. The summed E-state index contributed by atoms with van der Waals surface area (Å²) in [6, 6.07) is 2.66. The first-order valence-corrected chi connectivity index (χ1v) is 9.32. The summed E-state index contributed by atoms with van der Waals surface area (Å²) >= 11 is 0. The van der Waals surface area contributed by atoms with E-state index in [0.717, 1.165) is 56.7 Å². The predicted molar refractivity (Wildman–Crippen MR) is 99.0 cm³/mol. The number of aromatic nitrogens is 2. The number of morpholine rings is 1. The smallest absolute Gasteiger partial charge is 0.136 e. The molecule has 6 heteroatoms. The zero-order valence-corrected chi connectivity index (χ0v) is 16.3. The third-order valence-electron chi connectivity index (χ3n) is 5.14. The van der Waals surface area contributed by atoms with Crippen molar-refractivity contribution < 1.29 is 9.47 Å². The molecule has 3 heterocycles. The first kappa shape index (κ1) is 18.5. The molecule has 0 aromatic carbocycles. The van der Waals surface area contributed by atoms with Crippen LogP contribution in [0.25, 0.3) is 0 Å². The number of hydrogen-bond acceptors (Lipinski definition) is 6. The van der Waals surface area contributed by atoms with E-state index in [1.807, 2.05) is 0 Å². The Morgan fingerprint density at radius 1 is 1.20 bits per heavy atom. The molecule has 0 N–H and O–H groups in total. The van der Waals surface area contributed by atoms with Crippen LogP contribution in [0.3, 0.4) is 0 Å². The van der Waals surface area contributed by atoms with E-state index >= 15 is 0 Å². The van der Waals surface area contributed by atoms with Crippen molar-refractivity contribution >= 4 is 5.82 Å². The third-order valence-corrected chi connectivity index (χ3v) is 5.14. The quantitative estimate of drug-likeness (QED) is 0.830. The minimum absolute atomic E-state index is 0.0759. The molecule has 2 atom stereocenters. The average Bonchev–Trinajstić information content (AvgIpc) is 2.97. The molecular formula is C19H32N4O2. The van der Waals surface area contributed by atoms with Crippen molar-refractivity contribution in [2.45, 2.75) is 45.8 Å². The normalized spacial score (nSPS) is 25.6. The van der Waals surface area contributed by atoms with E-state index in [1.165, 1.54) is 0 Å². The third kappa shape index (κ3) is 4.30. The van der Waals surface area contributed by atoms with Crippen LogP contribution in [-0.2, 0) is 21.5 Å². The SMILES string of the molecule is COCc1cc(N2CC(C)C(N3CCOCC3)C2)nc(C(C)(C)C)n1. The van der Waals surface area contributed by atoms with Crippen molar-refractivity contribution in [3.05, 3.63) is 17.6 Å². The molecule has 0 radical (unpaired) electrons. The van der Waals surface area contributed by atoms with E-state index in [0.29, 0.717) is 18.6 Å². The highest BCUT2D eigenvalue weighted by atomic mass is 16.5. The number of methoxy groups -OCH3 is 1. The van der Waals surface area contributed by atoms with Crippen LogP contribution >= 0.6 is 0 Å². The molecule has 2 unspecified atom stereocenters. The van der Waals surface area contributed by atoms with Gasteiger partial charge in [-0.3, -0.25) is 4.90 Å². The van der Waals surface area contributed by atoms with Gasteiger partial charge >= 0.3 is 0 Å². The highest BCUT2D eigenvalue weighted by molar-refractivity contribution is 5.42. The zero-order valence-electron chi connectivity index (χ0n) is 16.3. The van der Waals surface area contributed by atoms with Gasteiger partial charge in [0.05, 0.1) is 25.5 Å². The molecule has 2 fully saturated rings. The molecule has 3 rings (SSSR count). The lowest BCUT2D eigenvalue weighted by Crippen LogP contribution is -2.46. The molecule has 0 spiro atoms. The van der Waals surface area contributed by atoms with Crippen LogP contribution in [-0.4, -0.2) is 67.4 Å². The fourth-order valence-corrected chi connectivity index (χ4v) is 3.72. The van der Waals surface area contributed by atoms with Gasteiger partial charge in [-0.2, -0.15) is 0 Å². The summed E-state index contributed by atoms with van der Waals surface area (Å²) in [7, 11) is 1.71. The molecule has 1 aromatic heterocycles. The molecule has 1 aromatic rings. The second kappa shape index (κ2) is 7.56. The molecule has 25 heavy (non-hydrogen) atoms. The van der Waals surface area contributed by atoms with Crippen LogP contribution in [0.4, 0.5) is 5.82 Å². The summed E-state index contributed by atoms with van der Waals surface area (Å²) in [6.45, 7) is 15.2. The lowest BCUT2D eigenvalue weighted by molar-refractivity contribution is 0.0134. The fraction of sp³-hybridized carbons (Fsp3) is 0.789. The number of hydrogen-bond donors (Lipinski definition) is 0. The number of nitrogens with zero attached hydrogens (tertiary/aromatic N) is 4. The molecule has 2 saturated heterocycles. The summed E-state index contributed by atoms with van der Waals surface area (Å²) in [5.74, 6) is 2.55. The van der Waals surface area contributed by atoms with Crippen molar-refractivity contribution in [3.63, 3.8) is 0 Å². The van der Waals surface area contributed by atoms with Gasteiger partial charge in [0.25, 0.3) is 0 Å². The van der Waals surface area contributed by atoms with Gasteiger partial charge in [-0.05, 0) is 5.92 Å². The molecule has 140 valence electrons. The van der Waals surface area contributed by atoms with Gasteiger partial charge in [-0.1, -0.05) is 27.7 Å². The Kier molecular flexibility index (Phi) is 5.61. The van der Waals surface area contributed by atoms with Crippen molar-refractivity contribution in [1.82, 2.24) is 14.9 Å². The first-order valence-electron chi connectivity index (χ1n) is 9.32. The molecule has 2 aliphatic heterocycles. The Morgan fingerprint density at radius 2 is 1.92 bits per heavy atom. The van der Waals surface area contributed by atoms with Gasteiger partial charge in [0, 0.05) is 50.8 Å². The fourth-order valence-electron chi connectivity index (χ4n) is 3.72. The number of ether oxygens (including phenoxy) is 2. The Balaban J connectivity index is 1.82. The summed E-state index contributed by atoms with van der Waals surface area (Å²) in [6.07, 6.45) is 0. The molecule has 0 saturated carbocycles. The zero-order chi connectivity index (χ0) is 18.0. The summed E-state index contributed by atoms with van der Waals surface area (Å²) in [5.41, 5.74) is 0.882. The minimum Gasteiger partial charge on any atom is -0.379 e. The molecule has 0 bridgehead atoms. The van der Waals surface area contributed by atoms with Gasteiger partial charge in [0.1, 0.15) is 11.6 Å². The Morgan fingerprint density at radius 3 is 2.56 bits per heavy atom. The summed E-state index contributed by atoms with van der Waals surface area (Å²) in [4.78, 5) is 14.6. The number of anilines is 1. The van der Waals surface area contributed by atoms with Gasteiger partial charge < -0.3 is 14.4 Å². The van der Waals surface area contributed by atoms with Gasteiger partial charge in [-0.25, -0.2) is 9.97 Å². The molecule has 6 nitrogen and oxygen atoms in total. The standard InChI is InChI=1S/C19H32N4O2/c1-14-11-23(12-16(14)22-6-8-25-9-7-22)17-10-15(13-24-5)20-18(21-17)19(2,3)4/h10,14,16H,6-9,11-13H2,1-5H3. The largest absolute Gasteiger partial charge is 0.379 e. The maximum atomic E-state index is 5.51. The van der Waals surface area contributed by atoms with Crippen molar-refractivity contribution in [1.29, 1.82) is 0 Å². The first-order chi connectivity index (χ1) is 11.9. The lowest BCUT2D eigenvalue weighted by atomic mass is 9.95. The van der Waals surface area contributed by atoms with Gasteiger partial charge in [0.2, 0.25) is 0 Å². The van der Waals surface area contributed by atoms with Crippen LogP contribution in [0.15, 0.2) is 6.07 Å². The van der Waals surface area contributed by atoms with Crippen LogP contribution in [0.5, 0.6) is 0 Å². The van der Waals surface area contributed by atoms with E-state index in [1.54, 1.807) is 7.11 Å². The van der Waals surface area contributed by atoms with Gasteiger partial charge in [-0.15, -0.1) is 0 Å².